The topological polar surface area (TPSA) is 71.3 Å². The molecule has 1 amide bonds. The molecule has 5 nitrogen and oxygen atoms in total. The number of carbonyl (C=O) groups is 1. The molecule has 1 aromatic carbocycles. The van der Waals surface area contributed by atoms with Crippen molar-refractivity contribution in [3.63, 3.8) is 0 Å². The molecule has 1 aliphatic rings. The van der Waals surface area contributed by atoms with Crippen molar-refractivity contribution in [3.05, 3.63) is 46.4 Å². The molecule has 5 heteroatoms. The number of hydrogen-bond donors (Lipinski definition) is 2. The molecule has 0 atom stereocenters. The van der Waals surface area contributed by atoms with Crippen LogP contribution >= 0.6 is 0 Å². The lowest BCUT2D eigenvalue weighted by Gasteiger charge is -2.14. The number of hydrogen-bond acceptors (Lipinski definition) is 3. The van der Waals surface area contributed by atoms with Gasteiger partial charge in [0.2, 0.25) is 0 Å². The third-order valence-electron chi connectivity index (χ3n) is 4.01. The quantitative estimate of drug-likeness (QED) is 0.650. The molecule has 0 unspecified atom stereocenters. The molecule has 104 valence electrons. The van der Waals surface area contributed by atoms with Crippen LogP contribution in [0.5, 0.6) is 0 Å². The smallest absolute Gasteiger partial charge is 0.274 e. The molecule has 0 radical (unpaired) electrons. The van der Waals surface area contributed by atoms with E-state index in [0.29, 0.717) is 5.39 Å². The third-order valence-corrected chi connectivity index (χ3v) is 4.01. The number of pyridine rings is 1. The Balaban J connectivity index is 2.14. The second-order valence-corrected chi connectivity index (χ2v) is 5.21. The second-order valence-electron chi connectivity index (χ2n) is 5.21. The molecule has 0 spiro atoms. The summed E-state index contributed by atoms with van der Waals surface area (Å²) in [4.78, 5) is 24.0. The molecule has 1 saturated carbocycles. The predicted molar refractivity (Wildman–Crippen MR) is 75.0 cm³/mol. The van der Waals surface area contributed by atoms with E-state index < -0.39 is 5.91 Å². The largest absolute Gasteiger partial charge is 0.312 e. The van der Waals surface area contributed by atoms with E-state index in [1.807, 2.05) is 12.3 Å². The minimum absolute atomic E-state index is 0.0676. The first-order chi connectivity index (χ1) is 9.70. The highest BCUT2D eigenvalue weighted by atomic mass is 16.5. The number of hydroxylamine groups is 1. The summed E-state index contributed by atoms with van der Waals surface area (Å²) in [6.45, 7) is 0. The van der Waals surface area contributed by atoms with E-state index in [-0.39, 0.29) is 17.2 Å². The number of benzene rings is 1. The number of nitrogens with one attached hydrogen (secondary N) is 1. The van der Waals surface area contributed by atoms with Gasteiger partial charge in [0.1, 0.15) is 0 Å². The molecule has 2 N–H and O–H groups in total. The molecule has 0 bridgehead atoms. The lowest BCUT2D eigenvalue weighted by molar-refractivity contribution is 0.0706. The molecule has 1 aromatic heterocycles. The average molecular weight is 272 g/mol. The number of rotatable bonds is 2. The zero-order valence-electron chi connectivity index (χ0n) is 11.0. The predicted octanol–water partition coefficient (Wildman–Crippen LogP) is 2.24. The Morgan fingerprint density at radius 3 is 2.70 bits per heavy atom. The molecule has 1 fully saturated rings. The van der Waals surface area contributed by atoms with Crippen LogP contribution in [-0.4, -0.2) is 15.7 Å². The van der Waals surface area contributed by atoms with Gasteiger partial charge in [0, 0.05) is 23.2 Å². The molecule has 2 aromatic rings. The van der Waals surface area contributed by atoms with Crippen LogP contribution in [0.4, 0.5) is 0 Å². The lowest BCUT2D eigenvalue weighted by Crippen LogP contribution is -2.23. The van der Waals surface area contributed by atoms with Gasteiger partial charge < -0.3 is 4.57 Å². The van der Waals surface area contributed by atoms with E-state index in [1.54, 1.807) is 22.2 Å². The Bertz CT molecular complexity index is 715. The standard InChI is InChI=1S/C15H16N2O3/c18-14(16-20)11-6-5-10-7-8-17(12-3-1-2-4-12)15(19)13(10)9-11/h5-9,12,20H,1-4H2,(H,16,18). The number of nitrogens with zero attached hydrogens (tertiary/aromatic N) is 1. The van der Waals surface area contributed by atoms with Crippen LogP contribution in [0.2, 0.25) is 0 Å². The highest BCUT2D eigenvalue weighted by Gasteiger charge is 2.18. The van der Waals surface area contributed by atoms with Gasteiger partial charge in [-0.2, -0.15) is 0 Å². The van der Waals surface area contributed by atoms with Crippen LogP contribution in [0.25, 0.3) is 10.8 Å². The van der Waals surface area contributed by atoms with E-state index >= 15 is 0 Å². The van der Waals surface area contributed by atoms with Gasteiger partial charge in [-0.1, -0.05) is 18.9 Å². The first-order valence-corrected chi connectivity index (χ1v) is 6.80. The number of carbonyl (C=O) groups excluding carboxylic acids is 1. The molecule has 20 heavy (non-hydrogen) atoms. The summed E-state index contributed by atoms with van der Waals surface area (Å²) >= 11 is 0. The van der Waals surface area contributed by atoms with Gasteiger partial charge in [-0.3, -0.25) is 14.8 Å². The van der Waals surface area contributed by atoms with Gasteiger partial charge in [-0.05, 0) is 36.4 Å². The van der Waals surface area contributed by atoms with Crippen LogP contribution in [0.1, 0.15) is 42.1 Å². The highest BCUT2D eigenvalue weighted by Crippen LogP contribution is 2.28. The Morgan fingerprint density at radius 2 is 2.00 bits per heavy atom. The summed E-state index contributed by atoms with van der Waals surface area (Å²) in [7, 11) is 0. The maximum Gasteiger partial charge on any atom is 0.274 e. The molecule has 0 aliphatic heterocycles. The van der Waals surface area contributed by atoms with E-state index in [0.717, 1.165) is 31.1 Å². The summed E-state index contributed by atoms with van der Waals surface area (Å²) in [6.07, 6.45) is 6.21. The number of aromatic nitrogens is 1. The van der Waals surface area contributed by atoms with Gasteiger partial charge in [0.25, 0.3) is 11.5 Å². The Kier molecular flexibility index (Phi) is 3.28. The van der Waals surface area contributed by atoms with Gasteiger partial charge in [0.05, 0.1) is 0 Å². The Hall–Kier alpha value is -2.14. The molecule has 1 heterocycles. The fourth-order valence-corrected chi connectivity index (χ4v) is 2.93. The van der Waals surface area contributed by atoms with E-state index in [2.05, 4.69) is 0 Å². The van der Waals surface area contributed by atoms with Crippen molar-refractivity contribution in [2.75, 3.05) is 0 Å². The summed E-state index contributed by atoms with van der Waals surface area (Å²) in [5.74, 6) is -0.609. The van der Waals surface area contributed by atoms with E-state index in [4.69, 9.17) is 5.21 Å². The van der Waals surface area contributed by atoms with Crippen molar-refractivity contribution in [2.45, 2.75) is 31.7 Å². The van der Waals surface area contributed by atoms with Crippen LogP contribution < -0.4 is 11.0 Å². The first-order valence-electron chi connectivity index (χ1n) is 6.80. The first kappa shape index (κ1) is 12.9. The van der Waals surface area contributed by atoms with Crippen molar-refractivity contribution in [3.8, 4) is 0 Å². The third kappa shape index (κ3) is 2.10. The Labute approximate surface area is 115 Å². The molecule has 1 aliphatic carbocycles. The van der Waals surface area contributed by atoms with E-state index in [9.17, 15) is 9.59 Å². The second kappa shape index (κ2) is 5.09. The van der Waals surface area contributed by atoms with Crippen molar-refractivity contribution in [1.82, 2.24) is 10.0 Å². The normalized spacial score (nSPS) is 15.7. The van der Waals surface area contributed by atoms with E-state index in [1.165, 1.54) is 6.07 Å². The molecule has 0 saturated heterocycles. The zero-order chi connectivity index (χ0) is 14.1. The van der Waals surface area contributed by atoms with Gasteiger partial charge in [-0.25, -0.2) is 5.48 Å². The van der Waals surface area contributed by atoms with Crippen LogP contribution in [0, 0.1) is 0 Å². The van der Waals surface area contributed by atoms with Gasteiger partial charge >= 0.3 is 0 Å². The molecular formula is C15H16N2O3. The minimum Gasteiger partial charge on any atom is -0.312 e. The highest BCUT2D eigenvalue weighted by molar-refractivity contribution is 5.97. The average Bonchev–Trinajstić information content (AvgIpc) is 3.00. The fraction of sp³-hybridized carbons (Fsp3) is 0.333. The number of amides is 1. The zero-order valence-corrected chi connectivity index (χ0v) is 11.0. The van der Waals surface area contributed by atoms with Crippen LogP contribution in [0.3, 0.4) is 0 Å². The summed E-state index contributed by atoms with van der Waals surface area (Å²) in [6, 6.07) is 7.01. The van der Waals surface area contributed by atoms with Crippen molar-refractivity contribution in [1.29, 1.82) is 0 Å². The van der Waals surface area contributed by atoms with Crippen molar-refractivity contribution >= 4 is 16.7 Å². The van der Waals surface area contributed by atoms with Crippen LogP contribution in [-0.2, 0) is 0 Å². The lowest BCUT2D eigenvalue weighted by atomic mass is 10.1. The molecular weight excluding hydrogens is 256 g/mol. The number of fused-ring (bicyclic) bond motifs is 1. The maximum atomic E-state index is 12.5. The monoisotopic (exact) mass is 272 g/mol. The van der Waals surface area contributed by atoms with Crippen molar-refractivity contribution in [2.24, 2.45) is 0 Å². The summed E-state index contributed by atoms with van der Waals surface area (Å²) in [5, 5.41) is 9.99. The van der Waals surface area contributed by atoms with Gasteiger partial charge in [-0.15, -0.1) is 0 Å². The van der Waals surface area contributed by atoms with Gasteiger partial charge in [0.15, 0.2) is 0 Å². The Morgan fingerprint density at radius 1 is 1.25 bits per heavy atom. The van der Waals surface area contributed by atoms with Crippen LogP contribution in [0.15, 0.2) is 35.3 Å². The summed E-state index contributed by atoms with van der Waals surface area (Å²) in [5.41, 5.74) is 1.80. The SMILES string of the molecule is O=C(NO)c1ccc2ccn(C3CCCC3)c(=O)c2c1. The molecule has 3 rings (SSSR count). The maximum absolute atomic E-state index is 12.5. The van der Waals surface area contributed by atoms with Crippen molar-refractivity contribution < 1.29 is 10.0 Å². The minimum atomic E-state index is -0.609. The summed E-state index contributed by atoms with van der Waals surface area (Å²) < 4.78 is 1.77. The fourth-order valence-electron chi connectivity index (χ4n) is 2.93.